The lowest BCUT2D eigenvalue weighted by molar-refractivity contribution is 0.0311. The van der Waals surface area contributed by atoms with Crippen LogP contribution in [0.3, 0.4) is 0 Å². The summed E-state index contributed by atoms with van der Waals surface area (Å²) >= 11 is 1.55. The molecular weight excluding hydrogens is 334 g/mol. The van der Waals surface area contributed by atoms with Gasteiger partial charge in [0.15, 0.2) is 0 Å². The van der Waals surface area contributed by atoms with Crippen LogP contribution in [0, 0.1) is 0 Å². The first-order valence-electron chi connectivity index (χ1n) is 8.53. The summed E-state index contributed by atoms with van der Waals surface area (Å²) in [7, 11) is 0. The zero-order valence-electron chi connectivity index (χ0n) is 14.1. The summed E-state index contributed by atoms with van der Waals surface area (Å²) in [5.41, 5.74) is 0.965. The van der Waals surface area contributed by atoms with Gasteiger partial charge in [0, 0.05) is 26.2 Å². The van der Waals surface area contributed by atoms with E-state index in [4.69, 9.17) is 9.47 Å². The molecule has 1 saturated heterocycles. The van der Waals surface area contributed by atoms with E-state index in [1.807, 2.05) is 48.5 Å². The maximum atomic E-state index is 6.04. The second kappa shape index (κ2) is 7.39. The average molecular weight is 355 g/mol. The molecule has 25 heavy (non-hydrogen) atoms. The van der Waals surface area contributed by atoms with Crippen LogP contribution >= 0.6 is 11.3 Å². The second-order valence-electron chi connectivity index (χ2n) is 6.02. The zero-order valence-corrected chi connectivity index (χ0v) is 15.0. The van der Waals surface area contributed by atoms with Gasteiger partial charge in [-0.15, -0.1) is 0 Å². The fourth-order valence-corrected chi connectivity index (χ4v) is 3.73. The minimum atomic E-state index is 0.0677. The van der Waals surface area contributed by atoms with Gasteiger partial charge in [0.2, 0.25) is 0 Å². The summed E-state index contributed by atoms with van der Waals surface area (Å²) in [4.78, 5) is 6.83. The van der Waals surface area contributed by atoms with Crippen molar-refractivity contribution in [3.8, 4) is 16.7 Å². The Morgan fingerprint density at radius 3 is 2.52 bits per heavy atom. The lowest BCUT2D eigenvalue weighted by atomic mass is 10.3. The number of nitrogens with one attached hydrogen (secondary N) is 1. The lowest BCUT2D eigenvalue weighted by Crippen LogP contribution is -2.49. The Balaban J connectivity index is 1.39. The van der Waals surface area contributed by atoms with Crippen molar-refractivity contribution in [3.05, 3.63) is 48.5 Å². The number of nitrogens with zero attached hydrogens (tertiary/aromatic N) is 2. The van der Waals surface area contributed by atoms with Gasteiger partial charge in [0.05, 0.1) is 10.2 Å². The van der Waals surface area contributed by atoms with E-state index in [1.165, 1.54) is 0 Å². The molecule has 1 unspecified atom stereocenters. The van der Waals surface area contributed by atoms with Crippen LogP contribution in [0.5, 0.6) is 16.7 Å². The highest BCUT2D eigenvalue weighted by atomic mass is 32.1. The summed E-state index contributed by atoms with van der Waals surface area (Å²) in [5, 5.41) is 4.01. The van der Waals surface area contributed by atoms with Crippen molar-refractivity contribution in [1.29, 1.82) is 0 Å². The van der Waals surface area contributed by atoms with Gasteiger partial charge in [-0.2, -0.15) is 0 Å². The van der Waals surface area contributed by atoms with Crippen molar-refractivity contribution in [3.63, 3.8) is 0 Å². The van der Waals surface area contributed by atoms with Gasteiger partial charge in [0.25, 0.3) is 5.19 Å². The molecule has 2 heterocycles. The van der Waals surface area contributed by atoms with E-state index in [0.717, 1.165) is 47.9 Å². The Bertz CT molecular complexity index is 795. The average Bonchev–Trinajstić information content (AvgIpc) is 3.06. The fraction of sp³-hybridized carbons (Fsp3) is 0.316. The van der Waals surface area contributed by atoms with E-state index in [2.05, 4.69) is 22.1 Å². The number of hydrogen-bond donors (Lipinski definition) is 1. The van der Waals surface area contributed by atoms with Crippen LogP contribution in [0.2, 0.25) is 0 Å². The molecule has 0 saturated carbocycles. The molecule has 130 valence electrons. The van der Waals surface area contributed by atoms with Crippen LogP contribution in [0.25, 0.3) is 10.2 Å². The van der Waals surface area contributed by atoms with Gasteiger partial charge in [-0.3, -0.25) is 4.90 Å². The Hall–Kier alpha value is -2.15. The highest BCUT2D eigenvalue weighted by Gasteiger charge is 2.17. The zero-order chi connectivity index (χ0) is 17.1. The van der Waals surface area contributed by atoms with E-state index in [9.17, 15) is 0 Å². The van der Waals surface area contributed by atoms with Gasteiger partial charge in [-0.25, -0.2) is 4.98 Å². The summed E-state index contributed by atoms with van der Waals surface area (Å²) in [6, 6.07) is 15.8. The molecule has 0 amide bonds. The molecule has 4 rings (SSSR count). The minimum absolute atomic E-state index is 0.0677. The van der Waals surface area contributed by atoms with Crippen molar-refractivity contribution >= 4 is 21.6 Å². The van der Waals surface area contributed by atoms with E-state index in [-0.39, 0.29) is 6.23 Å². The summed E-state index contributed by atoms with van der Waals surface area (Å²) in [6.45, 7) is 6.15. The van der Waals surface area contributed by atoms with E-state index < -0.39 is 0 Å². The molecule has 1 aliphatic rings. The molecule has 3 aromatic rings. The molecule has 2 aromatic carbocycles. The number of ether oxygens (including phenoxy) is 2. The highest BCUT2D eigenvalue weighted by molar-refractivity contribution is 7.20. The predicted molar refractivity (Wildman–Crippen MR) is 101 cm³/mol. The molecule has 5 nitrogen and oxygen atoms in total. The number of thiazole rings is 1. The standard InChI is InChI=1S/C19H21N3O2S/c1-14(22-12-10-20-11-13-22)23-15-6-8-16(9-7-15)24-19-21-17-4-2-3-5-18(17)25-19/h2-9,14,20H,10-13H2,1H3. The summed E-state index contributed by atoms with van der Waals surface area (Å²) in [6.07, 6.45) is 0.0677. The first kappa shape index (κ1) is 16.3. The van der Waals surface area contributed by atoms with Crippen LogP contribution in [-0.4, -0.2) is 42.3 Å². The molecule has 1 atom stereocenters. The Kier molecular flexibility index (Phi) is 4.83. The first-order valence-corrected chi connectivity index (χ1v) is 9.34. The van der Waals surface area contributed by atoms with Crippen molar-refractivity contribution in [2.45, 2.75) is 13.2 Å². The molecule has 1 aromatic heterocycles. The summed E-state index contributed by atoms with van der Waals surface area (Å²) < 4.78 is 13.0. The van der Waals surface area contributed by atoms with E-state index in [1.54, 1.807) is 11.3 Å². The third-order valence-electron chi connectivity index (χ3n) is 4.28. The second-order valence-corrected chi connectivity index (χ2v) is 7.02. The monoisotopic (exact) mass is 355 g/mol. The number of hydrogen-bond acceptors (Lipinski definition) is 6. The van der Waals surface area contributed by atoms with Gasteiger partial charge in [-0.1, -0.05) is 23.5 Å². The smallest absolute Gasteiger partial charge is 0.279 e. The van der Waals surface area contributed by atoms with Gasteiger partial charge < -0.3 is 14.8 Å². The molecular formula is C19H21N3O2S. The molecule has 6 heteroatoms. The molecule has 0 spiro atoms. The number of para-hydroxylation sites is 1. The molecule has 1 aliphatic heterocycles. The van der Waals surface area contributed by atoms with Crippen molar-refractivity contribution < 1.29 is 9.47 Å². The lowest BCUT2D eigenvalue weighted by Gasteiger charge is -2.32. The molecule has 0 aliphatic carbocycles. The number of fused-ring (bicyclic) bond motifs is 1. The quantitative estimate of drug-likeness (QED) is 0.756. The van der Waals surface area contributed by atoms with Crippen LogP contribution in [0.4, 0.5) is 0 Å². The molecule has 0 radical (unpaired) electrons. The van der Waals surface area contributed by atoms with Crippen LogP contribution in [-0.2, 0) is 0 Å². The third-order valence-corrected chi connectivity index (χ3v) is 5.19. The minimum Gasteiger partial charge on any atom is -0.475 e. The fourth-order valence-electron chi connectivity index (χ4n) is 2.90. The highest BCUT2D eigenvalue weighted by Crippen LogP contribution is 2.31. The van der Waals surface area contributed by atoms with Crippen molar-refractivity contribution in [2.24, 2.45) is 0 Å². The first-order chi connectivity index (χ1) is 12.3. The normalized spacial score (nSPS) is 16.7. The number of piperazine rings is 1. The van der Waals surface area contributed by atoms with Gasteiger partial charge in [-0.05, 0) is 43.3 Å². The number of aromatic nitrogens is 1. The maximum absolute atomic E-state index is 6.04. The van der Waals surface area contributed by atoms with Gasteiger partial charge >= 0.3 is 0 Å². The number of rotatable bonds is 5. The summed E-state index contributed by atoms with van der Waals surface area (Å²) in [5.74, 6) is 1.61. The molecule has 0 bridgehead atoms. The predicted octanol–water partition coefficient (Wildman–Crippen LogP) is 3.72. The largest absolute Gasteiger partial charge is 0.475 e. The van der Waals surface area contributed by atoms with E-state index in [0.29, 0.717) is 5.19 Å². The number of benzene rings is 2. The van der Waals surface area contributed by atoms with Crippen LogP contribution in [0.15, 0.2) is 48.5 Å². The Labute approximate surface area is 151 Å². The maximum Gasteiger partial charge on any atom is 0.279 e. The molecule has 1 fully saturated rings. The Morgan fingerprint density at radius 2 is 1.76 bits per heavy atom. The van der Waals surface area contributed by atoms with Gasteiger partial charge in [0.1, 0.15) is 17.7 Å². The van der Waals surface area contributed by atoms with Crippen LogP contribution in [0.1, 0.15) is 6.92 Å². The molecule has 1 N–H and O–H groups in total. The van der Waals surface area contributed by atoms with Crippen LogP contribution < -0.4 is 14.8 Å². The SMILES string of the molecule is CC(Oc1ccc(Oc2nc3ccccc3s2)cc1)N1CCNCC1. The van der Waals surface area contributed by atoms with Crippen molar-refractivity contribution in [2.75, 3.05) is 26.2 Å². The van der Waals surface area contributed by atoms with E-state index >= 15 is 0 Å². The Morgan fingerprint density at radius 1 is 1.04 bits per heavy atom. The topological polar surface area (TPSA) is 46.6 Å². The third kappa shape index (κ3) is 3.92. The van der Waals surface area contributed by atoms with Crippen molar-refractivity contribution in [1.82, 2.24) is 15.2 Å².